The van der Waals surface area contributed by atoms with E-state index in [4.69, 9.17) is 16.3 Å². The predicted molar refractivity (Wildman–Crippen MR) is 120 cm³/mol. The standard InChI is InChI=1S/C22H21ClF3N3O4S/c23-13-4-2-1-3-11(13)5-6-34-22-21(32)19(20(31)17(10-30)33-22)29-9-16(27-28-29)12-7-14(24)18(26)15(25)8-12/h1-4,7-9,17,19-22,30-32H,5-6,10H2/t17-,19+,20+,21-,22-/m1/s1. The van der Waals surface area contributed by atoms with Crippen LogP contribution in [0, 0.1) is 17.5 Å². The largest absolute Gasteiger partial charge is 0.394 e. The third-order valence-corrected chi connectivity index (χ3v) is 7.08. The van der Waals surface area contributed by atoms with Crippen molar-refractivity contribution >= 4 is 23.4 Å². The molecule has 34 heavy (non-hydrogen) atoms. The van der Waals surface area contributed by atoms with Crippen LogP contribution >= 0.6 is 23.4 Å². The van der Waals surface area contributed by atoms with E-state index in [-0.39, 0.29) is 11.3 Å². The molecular weight excluding hydrogens is 495 g/mol. The van der Waals surface area contributed by atoms with Crippen LogP contribution in [-0.4, -0.2) is 66.4 Å². The first-order valence-electron chi connectivity index (χ1n) is 10.3. The molecule has 4 rings (SSSR count). The molecule has 1 fully saturated rings. The van der Waals surface area contributed by atoms with Gasteiger partial charge in [0.2, 0.25) is 0 Å². The van der Waals surface area contributed by atoms with Crippen LogP contribution in [0.25, 0.3) is 11.3 Å². The number of nitrogens with zero attached hydrogens (tertiary/aromatic N) is 3. The summed E-state index contributed by atoms with van der Waals surface area (Å²) in [6.45, 7) is -0.512. The number of thioether (sulfide) groups is 1. The zero-order chi connectivity index (χ0) is 24.4. The maximum Gasteiger partial charge on any atom is 0.194 e. The average Bonchev–Trinajstić information content (AvgIpc) is 3.29. The summed E-state index contributed by atoms with van der Waals surface area (Å²) in [7, 11) is 0. The van der Waals surface area contributed by atoms with Crippen LogP contribution < -0.4 is 0 Å². The number of aromatic nitrogens is 3. The third kappa shape index (κ3) is 5.09. The number of hydrogen-bond acceptors (Lipinski definition) is 7. The fourth-order valence-electron chi connectivity index (χ4n) is 3.76. The Hall–Kier alpha value is -2.15. The number of benzene rings is 2. The summed E-state index contributed by atoms with van der Waals surface area (Å²) in [6.07, 6.45) is -1.75. The Labute approximate surface area is 202 Å². The maximum absolute atomic E-state index is 13.6. The fourth-order valence-corrected chi connectivity index (χ4v) is 5.14. The average molecular weight is 516 g/mol. The summed E-state index contributed by atoms with van der Waals surface area (Å²) >= 11 is 7.46. The summed E-state index contributed by atoms with van der Waals surface area (Å²) in [5.74, 6) is -3.84. The maximum atomic E-state index is 13.6. The minimum atomic E-state index is -1.60. The lowest BCUT2D eigenvalue weighted by atomic mass is 9.97. The highest BCUT2D eigenvalue weighted by Crippen LogP contribution is 2.36. The highest BCUT2D eigenvalue weighted by Gasteiger charge is 2.46. The molecule has 1 aliphatic heterocycles. The second-order valence-corrected chi connectivity index (χ2v) is 9.36. The van der Waals surface area contributed by atoms with Crippen LogP contribution in [0.2, 0.25) is 5.02 Å². The van der Waals surface area contributed by atoms with Gasteiger partial charge in [-0.05, 0) is 35.9 Å². The first-order chi connectivity index (χ1) is 16.3. The van der Waals surface area contributed by atoms with E-state index in [0.29, 0.717) is 17.2 Å². The Kier molecular flexibility index (Phi) is 7.80. The SMILES string of the molecule is OC[C@H]1O[C@H](SCCc2ccccc2Cl)[C@H](O)[C@@H](n2cc(-c3cc(F)c(F)c(F)c3)nn2)[C@H]1O. The molecule has 2 heterocycles. The smallest absolute Gasteiger partial charge is 0.194 e. The van der Waals surface area contributed by atoms with Gasteiger partial charge in [-0.25, -0.2) is 17.9 Å². The third-order valence-electron chi connectivity index (χ3n) is 5.56. The Bertz CT molecular complexity index is 1130. The molecule has 3 N–H and O–H groups in total. The number of aliphatic hydroxyl groups is 3. The van der Waals surface area contributed by atoms with E-state index < -0.39 is 53.8 Å². The molecule has 3 aromatic rings. The second kappa shape index (κ2) is 10.6. The molecule has 0 unspecified atom stereocenters. The van der Waals surface area contributed by atoms with Crippen molar-refractivity contribution in [2.75, 3.05) is 12.4 Å². The molecule has 1 aromatic heterocycles. The minimum absolute atomic E-state index is 0.00663. The van der Waals surface area contributed by atoms with Crippen LogP contribution in [0.5, 0.6) is 0 Å². The number of aryl methyl sites for hydroxylation is 1. The van der Waals surface area contributed by atoms with Gasteiger partial charge in [0, 0.05) is 10.6 Å². The van der Waals surface area contributed by atoms with E-state index >= 15 is 0 Å². The molecule has 0 radical (unpaired) electrons. The van der Waals surface area contributed by atoms with E-state index in [9.17, 15) is 28.5 Å². The first kappa shape index (κ1) is 25.0. The van der Waals surface area contributed by atoms with Crippen molar-refractivity contribution in [2.45, 2.75) is 36.2 Å². The van der Waals surface area contributed by atoms with Gasteiger partial charge in [-0.15, -0.1) is 16.9 Å². The van der Waals surface area contributed by atoms with Gasteiger partial charge in [0.15, 0.2) is 17.5 Å². The molecule has 7 nitrogen and oxygen atoms in total. The monoisotopic (exact) mass is 515 g/mol. The zero-order valence-electron chi connectivity index (χ0n) is 17.6. The lowest BCUT2D eigenvalue weighted by Crippen LogP contribution is -2.55. The number of hydrogen-bond donors (Lipinski definition) is 3. The van der Waals surface area contributed by atoms with Gasteiger partial charge in [-0.1, -0.05) is 35.0 Å². The van der Waals surface area contributed by atoms with E-state index in [1.807, 2.05) is 18.2 Å². The molecule has 1 aliphatic rings. The molecule has 0 saturated carbocycles. The highest BCUT2D eigenvalue weighted by atomic mass is 35.5. The van der Waals surface area contributed by atoms with Gasteiger partial charge < -0.3 is 20.1 Å². The molecule has 182 valence electrons. The Morgan fingerprint density at radius 2 is 1.79 bits per heavy atom. The van der Waals surface area contributed by atoms with E-state index in [1.165, 1.54) is 18.0 Å². The van der Waals surface area contributed by atoms with Crippen LogP contribution in [0.3, 0.4) is 0 Å². The number of ether oxygens (including phenoxy) is 1. The lowest BCUT2D eigenvalue weighted by Gasteiger charge is -2.41. The molecule has 1 saturated heterocycles. The van der Waals surface area contributed by atoms with Gasteiger partial charge in [-0.3, -0.25) is 0 Å². The Morgan fingerprint density at radius 3 is 2.47 bits per heavy atom. The summed E-state index contributed by atoms with van der Waals surface area (Å²) in [5.41, 5.74) is 0.0496. The summed E-state index contributed by atoms with van der Waals surface area (Å²) in [6, 6.07) is 7.84. The summed E-state index contributed by atoms with van der Waals surface area (Å²) < 4.78 is 47.4. The van der Waals surface area contributed by atoms with Crippen molar-refractivity contribution < 1.29 is 33.2 Å². The lowest BCUT2D eigenvalue weighted by molar-refractivity contribution is -0.178. The molecule has 5 atom stereocenters. The van der Waals surface area contributed by atoms with Gasteiger partial charge in [-0.2, -0.15) is 0 Å². The van der Waals surface area contributed by atoms with Crippen molar-refractivity contribution in [1.82, 2.24) is 15.0 Å². The van der Waals surface area contributed by atoms with Crippen molar-refractivity contribution in [1.29, 1.82) is 0 Å². The minimum Gasteiger partial charge on any atom is -0.394 e. The van der Waals surface area contributed by atoms with Crippen molar-refractivity contribution in [3.05, 3.63) is 70.6 Å². The van der Waals surface area contributed by atoms with Crippen molar-refractivity contribution in [2.24, 2.45) is 0 Å². The topological polar surface area (TPSA) is 101 Å². The van der Waals surface area contributed by atoms with Gasteiger partial charge in [0.05, 0.1) is 12.8 Å². The predicted octanol–water partition coefficient (Wildman–Crippen LogP) is 2.97. The molecular formula is C22H21ClF3N3O4S. The number of rotatable bonds is 7. The second-order valence-electron chi connectivity index (χ2n) is 7.75. The number of halogens is 4. The fraction of sp³-hybridized carbons (Fsp3) is 0.364. The van der Waals surface area contributed by atoms with Crippen molar-refractivity contribution in [3.8, 4) is 11.3 Å². The molecule has 0 bridgehead atoms. The molecule has 0 spiro atoms. The molecule has 12 heteroatoms. The number of aliphatic hydroxyl groups excluding tert-OH is 3. The van der Waals surface area contributed by atoms with E-state index in [0.717, 1.165) is 22.4 Å². The van der Waals surface area contributed by atoms with Gasteiger partial charge in [0.1, 0.15) is 35.5 Å². The zero-order valence-corrected chi connectivity index (χ0v) is 19.1. The van der Waals surface area contributed by atoms with Crippen LogP contribution in [0.1, 0.15) is 11.6 Å². The quantitative estimate of drug-likeness (QED) is 0.416. The van der Waals surface area contributed by atoms with Crippen molar-refractivity contribution in [3.63, 3.8) is 0 Å². The summed E-state index contributed by atoms with van der Waals surface area (Å²) in [5, 5.41) is 39.7. The first-order valence-corrected chi connectivity index (χ1v) is 11.8. The van der Waals surface area contributed by atoms with E-state index in [1.54, 1.807) is 6.07 Å². The van der Waals surface area contributed by atoms with Gasteiger partial charge in [0.25, 0.3) is 0 Å². The Morgan fingerprint density at radius 1 is 1.09 bits per heavy atom. The Balaban J connectivity index is 1.53. The molecule has 2 aromatic carbocycles. The summed E-state index contributed by atoms with van der Waals surface area (Å²) in [4.78, 5) is 0. The van der Waals surface area contributed by atoms with E-state index in [2.05, 4.69) is 10.3 Å². The molecule has 0 aliphatic carbocycles. The van der Waals surface area contributed by atoms with Crippen LogP contribution in [0.4, 0.5) is 13.2 Å². The molecule has 0 amide bonds. The van der Waals surface area contributed by atoms with Gasteiger partial charge >= 0.3 is 0 Å². The van der Waals surface area contributed by atoms with Crippen LogP contribution in [0.15, 0.2) is 42.6 Å². The normalized spacial score (nSPS) is 25.0. The highest BCUT2D eigenvalue weighted by molar-refractivity contribution is 7.99. The van der Waals surface area contributed by atoms with Crippen LogP contribution in [-0.2, 0) is 11.2 Å².